The third-order valence-electron chi connectivity index (χ3n) is 3.12. The van der Waals surface area contributed by atoms with Crippen molar-refractivity contribution in [2.75, 3.05) is 5.32 Å². The van der Waals surface area contributed by atoms with Crippen LogP contribution in [0.1, 0.15) is 18.1 Å². The first-order valence-electron chi connectivity index (χ1n) is 6.94. The van der Waals surface area contributed by atoms with Crippen molar-refractivity contribution >= 4 is 23.4 Å². The third-order valence-corrected chi connectivity index (χ3v) is 4.22. The highest BCUT2D eigenvalue weighted by Crippen LogP contribution is 2.33. The summed E-state index contributed by atoms with van der Waals surface area (Å²) in [6.45, 7) is 1.61. The van der Waals surface area contributed by atoms with E-state index in [1.807, 2.05) is 6.07 Å². The molecule has 1 amide bonds. The van der Waals surface area contributed by atoms with Gasteiger partial charge >= 0.3 is 6.18 Å². The molecule has 124 valence electrons. The summed E-state index contributed by atoms with van der Waals surface area (Å²) in [4.78, 5) is 12.5. The highest BCUT2D eigenvalue weighted by Gasteiger charge is 2.30. The van der Waals surface area contributed by atoms with Gasteiger partial charge in [0.1, 0.15) is 0 Å². The molecule has 0 aliphatic heterocycles. The molecule has 0 bridgehead atoms. The minimum absolute atomic E-state index is 0.331. The van der Waals surface area contributed by atoms with E-state index < -0.39 is 17.0 Å². The molecule has 7 heteroatoms. The summed E-state index contributed by atoms with van der Waals surface area (Å²) in [5.41, 5.74) is 0.252. The standard InChI is InChI=1S/C17H13F3N2OS/c1-11(16(23)22-14-7-5-12(10-21)6-8-14)24-15-4-2-3-13(9-15)17(18,19)20/h2-9,11H,1H3,(H,22,23)/t11-/m1/s1. The molecule has 0 aliphatic carbocycles. The molecule has 0 radical (unpaired) electrons. The van der Waals surface area contributed by atoms with Gasteiger partial charge in [-0.25, -0.2) is 0 Å². The van der Waals surface area contributed by atoms with Gasteiger partial charge in [-0.15, -0.1) is 11.8 Å². The fraction of sp³-hybridized carbons (Fsp3) is 0.176. The summed E-state index contributed by atoms with van der Waals surface area (Å²) in [7, 11) is 0. The maximum atomic E-state index is 12.7. The lowest BCUT2D eigenvalue weighted by Crippen LogP contribution is -2.22. The maximum Gasteiger partial charge on any atom is 0.416 e. The third kappa shape index (κ3) is 4.77. The Morgan fingerprint density at radius 1 is 1.21 bits per heavy atom. The summed E-state index contributed by atoms with van der Waals surface area (Å²) >= 11 is 1.04. The van der Waals surface area contributed by atoms with Crippen LogP contribution in [0.15, 0.2) is 53.4 Å². The van der Waals surface area contributed by atoms with Gasteiger partial charge in [-0.3, -0.25) is 4.79 Å². The Morgan fingerprint density at radius 3 is 2.46 bits per heavy atom. The van der Waals surface area contributed by atoms with Crippen LogP contribution in [0.3, 0.4) is 0 Å². The molecule has 0 unspecified atom stereocenters. The first kappa shape index (κ1) is 17.9. The van der Waals surface area contributed by atoms with Gasteiger partial charge in [0.05, 0.1) is 22.4 Å². The number of benzene rings is 2. The lowest BCUT2D eigenvalue weighted by Gasteiger charge is -2.13. The number of nitrogens with one attached hydrogen (secondary N) is 1. The molecule has 0 aliphatic rings. The van der Waals surface area contributed by atoms with Crippen molar-refractivity contribution in [3.05, 3.63) is 59.7 Å². The summed E-state index contributed by atoms with van der Waals surface area (Å²) in [5, 5.41) is 10.8. The van der Waals surface area contributed by atoms with E-state index in [1.54, 1.807) is 31.2 Å². The number of rotatable bonds is 4. The van der Waals surface area contributed by atoms with Gasteiger partial charge < -0.3 is 5.32 Å². The summed E-state index contributed by atoms with van der Waals surface area (Å²) in [6.07, 6.45) is -4.41. The number of alkyl halides is 3. The molecule has 0 spiro atoms. The van der Waals surface area contributed by atoms with Crippen molar-refractivity contribution in [2.45, 2.75) is 23.2 Å². The molecule has 1 atom stereocenters. The van der Waals surface area contributed by atoms with E-state index in [-0.39, 0.29) is 5.91 Å². The number of hydrogen-bond donors (Lipinski definition) is 1. The van der Waals surface area contributed by atoms with Crippen molar-refractivity contribution in [3.63, 3.8) is 0 Å². The number of amides is 1. The molecule has 0 saturated heterocycles. The summed E-state index contributed by atoms with van der Waals surface area (Å²) in [5.74, 6) is -0.331. The average Bonchev–Trinajstić information content (AvgIpc) is 2.55. The molecule has 2 rings (SSSR count). The van der Waals surface area contributed by atoms with Crippen LogP contribution >= 0.6 is 11.8 Å². The largest absolute Gasteiger partial charge is 0.416 e. The average molecular weight is 350 g/mol. The zero-order valence-electron chi connectivity index (χ0n) is 12.6. The van der Waals surface area contributed by atoms with Crippen LogP contribution in [-0.2, 0) is 11.0 Å². The lowest BCUT2D eigenvalue weighted by atomic mass is 10.2. The second kappa shape index (κ2) is 7.41. The van der Waals surface area contributed by atoms with E-state index in [1.165, 1.54) is 12.1 Å². The van der Waals surface area contributed by atoms with Gasteiger partial charge in [-0.2, -0.15) is 18.4 Å². The first-order valence-corrected chi connectivity index (χ1v) is 7.82. The van der Waals surface area contributed by atoms with Crippen molar-refractivity contribution in [1.29, 1.82) is 5.26 Å². The zero-order chi connectivity index (χ0) is 17.7. The molecule has 24 heavy (non-hydrogen) atoms. The van der Waals surface area contributed by atoms with E-state index in [0.717, 1.165) is 23.9 Å². The van der Waals surface area contributed by atoms with Gasteiger partial charge in [0.2, 0.25) is 5.91 Å². The quantitative estimate of drug-likeness (QED) is 0.814. The van der Waals surface area contributed by atoms with E-state index in [4.69, 9.17) is 5.26 Å². The van der Waals surface area contributed by atoms with Gasteiger partial charge in [0.15, 0.2) is 0 Å². The Balaban J connectivity index is 2.02. The Bertz CT molecular complexity index is 767. The Labute approximate surface area is 141 Å². The molecule has 1 N–H and O–H groups in total. The van der Waals surface area contributed by atoms with Crippen LogP contribution in [-0.4, -0.2) is 11.2 Å². The van der Waals surface area contributed by atoms with Crippen LogP contribution in [0.4, 0.5) is 18.9 Å². The van der Waals surface area contributed by atoms with E-state index in [9.17, 15) is 18.0 Å². The fourth-order valence-electron chi connectivity index (χ4n) is 1.88. The summed E-state index contributed by atoms with van der Waals surface area (Å²) < 4.78 is 38.1. The Hall–Kier alpha value is -2.46. The minimum Gasteiger partial charge on any atom is -0.325 e. The molecule has 0 heterocycles. The first-order chi connectivity index (χ1) is 11.3. The number of halogens is 3. The highest BCUT2D eigenvalue weighted by molar-refractivity contribution is 8.00. The van der Waals surface area contributed by atoms with Crippen LogP contribution in [0.25, 0.3) is 0 Å². The molecule has 3 nitrogen and oxygen atoms in total. The van der Waals surface area contributed by atoms with Crippen molar-refractivity contribution in [3.8, 4) is 6.07 Å². The molecular weight excluding hydrogens is 337 g/mol. The summed E-state index contributed by atoms with van der Waals surface area (Å²) in [6, 6.07) is 13.2. The second-order valence-electron chi connectivity index (χ2n) is 4.96. The SMILES string of the molecule is C[C@@H](Sc1cccc(C(F)(F)F)c1)C(=O)Nc1ccc(C#N)cc1. The predicted octanol–water partition coefficient (Wildman–Crippen LogP) is 4.70. The van der Waals surface area contributed by atoms with Crippen LogP contribution in [0.5, 0.6) is 0 Å². The molecule has 0 fully saturated rings. The van der Waals surface area contributed by atoms with Crippen LogP contribution in [0, 0.1) is 11.3 Å². The minimum atomic E-state index is -4.41. The Kier molecular flexibility index (Phi) is 5.52. The van der Waals surface area contributed by atoms with Gasteiger partial charge in [0, 0.05) is 10.6 Å². The number of hydrogen-bond acceptors (Lipinski definition) is 3. The van der Waals surface area contributed by atoms with E-state index in [0.29, 0.717) is 16.1 Å². The van der Waals surface area contributed by atoms with Gasteiger partial charge in [-0.05, 0) is 49.4 Å². The van der Waals surface area contributed by atoms with Gasteiger partial charge in [-0.1, -0.05) is 6.07 Å². The second-order valence-corrected chi connectivity index (χ2v) is 6.38. The van der Waals surface area contributed by atoms with Gasteiger partial charge in [0.25, 0.3) is 0 Å². The van der Waals surface area contributed by atoms with Crippen molar-refractivity contribution in [1.82, 2.24) is 0 Å². The zero-order valence-corrected chi connectivity index (χ0v) is 13.4. The van der Waals surface area contributed by atoms with Crippen molar-refractivity contribution < 1.29 is 18.0 Å². The maximum absolute atomic E-state index is 12.7. The Morgan fingerprint density at radius 2 is 1.88 bits per heavy atom. The van der Waals surface area contributed by atoms with E-state index >= 15 is 0 Å². The number of anilines is 1. The number of carbonyl (C=O) groups is 1. The number of nitrogens with zero attached hydrogens (tertiary/aromatic N) is 1. The predicted molar refractivity (Wildman–Crippen MR) is 86.5 cm³/mol. The smallest absolute Gasteiger partial charge is 0.325 e. The monoisotopic (exact) mass is 350 g/mol. The normalized spacial score (nSPS) is 12.3. The number of nitriles is 1. The highest BCUT2D eigenvalue weighted by atomic mass is 32.2. The molecule has 0 saturated carbocycles. The number of thioether (sulfide) groups is 1. The molecule has 0 aromatic heterocycles. The molecule has 2 aromatic rings. The molecular formula is C17H13F3N2OS. The van der Waals surface area contributed by atoms with Crippen molar-refractivity contribution in [2.24, 2.45) is 0 Å². The fourth-order valence-corrected chi connectivity index (χ4v) is 2.80. The lowest BCUT2D eigenvalue weighted by molar-refractivity contribution is -0.137. The number of carbonyl (C=O) groups excluding carboxylic acids is 1. The molecule has 2 aromatic carbocycles. The van der Waals surface area contributed by atoms with E-state index in [2.05, 4.69) is 5.32 Å². The van der Waals surface area contributed by atoms with Crippen LogP contribution in [0.2, 0.25) is 0 Å². The van der Waals surface area contributed by atoms with Crippen LogP contribution < -0.4 is 5.32 Å². The topological polar surface area (TPSA) is 52.9 Å².